The first-order chi connectivity index (χ1) is 14.5. The van der Waals surface area contributed by atoms with Crippen molar-refractivity contribution in [1.29, 1.82) is 0 Å². The Morgan fingerprint density at radius 2 is 1.70 bits per heavy atom. The molecule has 2 aromatic carbocycles. The molecule has 0 N–H and O–H groups in total. The maximum absolute atomic E-state index is 12.3. The van der Waals surface area contributed by atoms with Crippen molar-refractivity contribution in [2.24, 2.45) is 0 Å². The number of nitrogens with zero attached hydrogens (tertiary/aromatic N) is 4. The molecule has 2 aromatic heterocycles. The van der Waals surface area contributed by atoms with Gasteiger partial charge in [-0.2, -0.15) is 4.68 Å². The Labute approximate surface area is 170 Å². The summed E-state index contributed by atoms with van der Waals surface area (Å²) in [6.07, 6.45) is -0.791. The SMILES string of the molecule is Cc1ccc(-c2nnc([C@@H](C)OC(=O)Cn3nc(-c4ccccc4)oc3=O)o2)cc1. The van der Waals surface area contributed by atoms with Crippen molar-refractivity contribution in [2.75, 3.05) is 0 Å². The summed E-state index contributed by atoms with van der Waals surface area (Å²) in [5.74, 6) is -0.837. The third-order valence-electron chi connectivity index (χ3n) is 4.30. The number of benzene rings is 2. The molecule has 0 radical (unpaired) electrons. The smallest absolute Gasteiger partial charge is 0.437 e. The van der Waals surface area contributed by atoms with Crippen LogP contribution in [0, 0.1) is 6.92 Å². The van der Waals surface area contributed by atoms with Gasteiger partial charge in [0.1, 0.15) is 6.54 Å². The van der Waals surface area contributed by atoms with E-state index < -0.39 is 24.4 Å². The van der Waals surface area contributed by atoms with E-state index in [0.717, 1.165) is 15.8 Å². The average Bonchev–Trinajstić information content (AvgIpc) is 3.37. The van der Waals surface area contributed by atoms with Crippen molar-refractivity contribution in [1.82, 2.24) is 20.0 Å². The minimum absolute atomic E-state index is 0.126. The Balaban J connectivity index is 1.42. The van der Waals surface area contributed by atoms with Crippen LogP contribution in [0.1, 0.15) is 24.5 Å². The normalized spacial score (nSPS) is 11.9. The molecule has 0 bridgehead atoms. The summed E-state index contributed by atoms with van der Waals surface area (Å²) in [5, 5.41) is 12.0. The van der Waals surface area contributed by atoms with Crippen LogP contribution in [-0.4, -0.2) is 25.9 Å². The van der Waals surface area contributed by atoms with E-state index in [1.807, 2.05) is 37.3 Å². The number of hydrogen-bond donors (Lipinski definition) is 0. The second-order valence-electron chi connectivity index (χ2n) is 6.64. The zero-order chi connectivity index (χ0) is 21.1. The zero-order valence-electron chi connectivity index (χ0n) is 16.3. The maximum atomic E-state index is 12.3. The summed E-state index contributed by atoms with van der Waals surface area (Å²) >= 11 is 0. The first-order valence-electron chi connectivity index (χ1n) is 9.23. The lowest BCUT2D eigenvalue weighted by molar-refractivity contribution is -0.150. The van der Waals surface area contributed by atoms with Crippen LogP contribution in [0.3, 0.4) is 0 Å². The van der Waals surface area contributed by atoms with E-state index in [-0.39, 0.29) is 11.8 Å². The average molecular weight is 406 g/mol. The van der Waals surface area contributed by atoms with E-state index in [1.54, 1.807) is 31.2 Å². The van der Waals surface area contributed by atoms with Crippen molar-refractivity contribution in [3.05, 3.63) is 76.6 Å². The molecule has 9 nitrogen and oxygen atoms in total. The van der Waals surface area contributed by atoms with E-state index in [1.165, 1.54) is 0 Å². The fourth-order valence-corrected chi connectivity index (χ4v) is 2.72. The van der Waals surface area contributed by atoms with Gasteiger partial charge in [-0.05, 0) is 38.1 Å². The molecule has 30 heavy (non-hydrogen) atoms. The Morgan fingerprint density at radius 3 is 2.43 bits per heavy atom. The summed E-state index contributed by atoms with van der Waals surface area (Å²) < 4.78 is 16.9. The van der Waals surface area contributed by atoms with Crippen LogP contribution in [0.5, 0.6) is 0 Å². The van der Waals surface area contributed by atoms with Crippen LogP contribution in [-0.2, 0) is 16.1 Å². The van der Waals surface area contributed by atoms with E-state index in [0.29, 0.717) is 11.5 Å². The molecule has 9 heteroatoms. The predicted octanol–water partition coefficient (Wildman–Crippen LogP) is 3.17. The second kappa shape index (κ2) is 8.16. The zero-order valence-corrected chi connectivity index (χ0v) is 16.3. The minimum Gasteiger partial charge on any atom is -0.451 e. The van der Waals surface area contributed by atoms with Gasteiger partial charge in [-0.15, -0.1) is 15.3 Å². The van der Waals surface area contributed by atoms with Gasteiger partial charge in [-0.1, -0.05) is 35.9 Å². The van der Waals surface area contributed by atoms with Crippen molar-refractivity contribution in [2.45, 2.75) is 26.5 Å². The maximum Gasteiger partial charge on any atom is 0.437 e. The molecule has 4 aromatic rings. The third kappa shape index (κ3) is 4.19. The summed E-state index contributed by atoms with van der Waals surface area (Å²) in [4.78, 5) is 24.2. The predicted molar refractivity (Wildman–Crippen MR) is 105 cm³/mol. The van der Waals surface area contributed by atoms with Crippen molar-refractivity contribution in [3.8, 4) is 22.9 Å². The number of carbonyl (C=O) groups is 1. The number of aromatic nitrogens is 4. The standard InChI is InChI=1S/C21H18N4O5/c1-13-8-10-16(11-9-13)19-23-22-18(29-19)14(2)28-17(26)12-25-21(27)30-20(24-25)15-6-4-3-5-7-15/h3-11,14H,12H2,1-2H3/t14-/m1/s1. The number of ether oxygens (including phenoxy) is 1. The molecular weight excluding hydrogens is 388 g/mol. The first kappa shape index (κ1) is 19.3. The van der Waals surface area contributed by atoms with Gasteiger partial charge >= 0.3 is 11.7 Å². The highest BCUT2D eigenvalue weighted by Crippen LogP contribution is 2.23. The molecule has 0 aliphatic rings. The van der Waals surface area contributed by atoms with E-state index >= 15 is 0 Å². The molecule has 0 saturated heterocycles. The molecule has 0 fully saturated rings. The van der Waals surface area contributed by atoms with Gasteiger partial charge in [-0.3, -0.25) is 4.79 Å². The van der Waals surface area contributed by atoms with Gasteiger partial charge in [0.25, 0.3) is 5.89 Å². The van der Waals surface area contributed by atoms with Gasteiger partial charge in [0, 0.05) is 11.1 Å². The Morgan fingerprint density at radius 1 is 1.00 bits per heavy atom. The van der Waals surface area contributed by atoms with Crippen LogP contribution < -0.4 is 5.76 Å². The topological polar surface area (TPSA) is 113 Å². The summed E-state index contributed by atoms with van der Waals surface area (Å²) in [6, 6.07) is 16.5. The summed E-state index contributed by atoms with van der Waals surface area (Å²) in [7, 11) is 0. The van der Waals surface area contributed by atoms with Crippen molar-refractivity contribution >= 4 is 5.97 Å². The molecule has 0 aliphatic carbocycles. The molecule has 1 atom stereocenters. The summed E-state index contributed by atoms with van der Waals surface area (Å²) in [5.41, 5.74) is 2.50. The molecule has 152 valence electrons. The molecule has 4 rings (SSSR count). The number of hydrogen-bond acceptors (Lipinski definition) is 8. The number of carbonyl (C=O) groups excluding carboxylic acids is 1. The van der Waals surface area contributed by atoms with Crippen LogP contribution in [0.25, 0.3) is 22.9 Å². The highest BCUT2D eigenvalue weighted by molar-refractivity contribution is 5.69. The van der Waals surface area contributed by atoms with Gasteiger partial charge in [0.05, 0.1) is 0 Å². The fourth-order valence-electron chi connectivity index (χ4n) is 2.72. The quantitative estimate of drug-likeness (QED) is 0.449. The minimum atomic E-state index is -0.791. The van der Waals surface area contributed by atoms with Crippen LogP contribution in [0.4, 0.5) is 0 Å². The van der Waals surface area contributed by atoms with Crippen LogP contribution >= 0.6 is 0 Å². The second-order valence-corrected chi connectivity index (χ2v) is 6.64. The lowest BCUT2D eigenvalue weighted by Gasteiger charge is -2.08. The molecule has 0 spiro atoms. The van der Waals surface area contributed by atoms with E-state index in [2.05, 4.69) is 15.3 Å². The summed E-state index contributed by atoms with van der Waals surface area (Å²) in [6.45, 7) is 3.18. The largest absolute Gasteiger partial charge is 0.451 e. The molecule has 0 amide bonds. The van der Waals surface area contributed by atoms with Crippen molar-refractivity contribution in [3.63, 3.8) is 0 Å². The van der Waals surface area contributed by atoms with Crippen LogP contribution in [0.15, 0.2) is 68.2 Å². The Bertz CT molecular complexity index is 1210. The molecule has 0 aliphatic heterocycles. The number of rotatable bonds is 6. The Kier molecular flexibility index (Phi) is 5.25. The van der Waals surface area contributed by atoms with E-state index in [9.17, 15) is 9.59 Å². The highest BCUT2D eigenvalue weighted by Gasteiger charge is 2.21. The highest BCUT2D eigenvalue weighted by atomic mass is 16.6. The molecule has 2 heterocycles. The molecule has 0 saturated carbocycles. The lowest BCUT2D eigenvalue weighted by Crippen LogP contribution is -2.23. The van der Waals surface area contributed by atoms with Gasteiger partial charge in [0.2, 0.25) is 11.8 Å². The molecule has 0 unspecified atom stereocenters. The number of esters is 1. The third-order valence-corrected chi connectivity index (χ3v) is 4.30. The Hall–Kier alpha value is -4.01. The first-order valence-corrected chi connectivity index (χ1v) is 9.23. The van der Waals surface area contributed by atoms with Gasteiger partial charge in [-0.25, -0.2) is 4.79 Å². The monoisotopic (exact) mass is 406 g/mol. The molecular formula is C21H18N4O5. The number of aryl methyl sites for hydroxylation is 1. The van der Waals surface area contributed by atoms with Crippen LogP contribution in [0.2, 0.25) is 0 Å². The van der Waals surface area contributed by atoms with Gasteiger partial charge < -0.3 is 13.6 Å². The van der Waals surface area contributed by atoms with Crippen molar-refractivity contribution < 1.29 is 18.4 Å². The lowest BCUT2D eigenvalue weighted by atomic mass is 10.1. The van der Waals surface area contributed by atoms with E-state index in [4.69, 9.17) is 13.6 Å². The fraction of sp³-hybridized carbons (Fsp3) is 0.190. The van der Waals surface area contributed by atoms with Gasteiger partial charge in [0.15, 0.2) is 6.10 Å².